The molecular formula is C27H27N7O. The van der Waals surface area contributed by atoms with E-state index in [-0.39, 0.29) is 12.1 Å². The van der Waals surface area contributed by atoms with Crippen LogP contribution in [0.4, 0.5) is 5.95 Å². The summed E-state index contributed by atoms with van der Waals surface area (Å²) in [6, 6.07) is 15.5. The molecule has 1 saturated carbocycles. The Bertz CT molecular complexity index is 1370. The number of nitrogen functional groups attached to an aromatic ring is 1. The minimum Gasteiger partial charge on any atom is -0.375 e. The number of hydrogen-bond donors (Lipinski definition) is 1. The largest absolute Gasteiger partial charge is 0.375 e. The lowest BCUT2D eigenvalue weighted by Crippen LogP contribution is -2.14. The summed E-state index contributed by atoms with van der Waals surface area (Å²) < 4.78 is 7.57. The van der Waals surface area contributed by atoms with Gasteiger partial charge in [0.2, 0.25) is 5.95 Å². The second kappa shape index (κ2) is 10.0. The molecule has 0 aliphatic heterocycles. The number of pyridine rings is 1. The SMILES string of the molecule is C#Cc1cccc(-c2cc(-c3cn(Cc4cccc(C(OC)C5CCCC5)n4)nn3)nc(N)n2)c1. The number of rotatable bonds is 7. The van der Waals surface area contributed by atoms with Crippen LogP contribution >= 0.6 is 0 Å². The number of methoxy groups -OCH3 is 1. The van der Waals surface area contributed by atoms with Gasteiger partial charge in [-0.15, -0.1) is 11.5 Å². The van der Waals surface area contributed by atoms with E-state index in [2.05, 4.69) is 26.2 Å². The molecule has 8 heteroatoms. The van der Waals surface area contributed by atoms with E-state index >= 15 is 0 Å². The lowest BCUT2D eigenvalue weighted by Gasteiger charge is -2.21. The van der Waals surface area contributed by atoms with Crippen molar-refractivity contribution in [1.82, 2.24) is 29.9 Å². The van der Waals surface area contributed by atoms with E-state index in [4.69, 9.17) is 21.9 Å². The van der Waals surface area contributed by atoms with Crippen LogP contribution in [-0.2, 0) is 11.3 Å². The van der Waals surface area contributed by atoms with Crippen LogP contribution in [0.3, 0.4) is 0 Å². The quantitative estimate of drug-likeness (QED) is 0.406. The normalized spacial score (nSPS) is 14.6. The van der Waals surface area contributed by atoms with Crippen LogP contribution in [0, 0.1) is 18.3 Å². The summed E-state index contributed by atoms with van der Waals surface area (Å²) in [6.45, 7) is 0.486. The molecule has 1 unspecified atom stereocenters. The first-order valence-electron chi connectivity index (χ1n) is 11.7. The monoisotopic (exact) mass is 465 g/mol. The second-order valence-electron chi connectivity index (χ2n) is 8.78. The summed E-state index contributed by atoms with van der Waals surface area (Å²) in [5.41, 5.74) is 11.4. The average molecular weight is 466 g/mol. The van der Waals surface area contributed by atoms with E-state index in [0.29, 0.717) is 29.5 Å². The Labute approximate surface area is 204 Å². The van der Waals surface area contributed by atoms with E-state index in [0.717, 1.165) is 22.5 Å². The van der Waals surface area contributed by atoms with Gasteiger partial charge in [-0.2, -0.15) is 0 Å². The van der Waals surface area contributed by atoms with E-state index in [1.165, 1.54) is 25.7 Å². The van der Waals surface area contributed by atoms with Gasteiger partial charge < -0.3 is 10.5 Å². The van der Waals surface area contributed by atoms with Gasteiger partial charge in [-0.25, -0.2) is 14.6 Å². The fourth-order valence-corrected chi connectivity index (χ4v) is 4.73. The standard InChI is InChI=1S/C27H27N7O/c1-3-18-8-6-11-20(14-18)23-15-24(31-27(28)30-23)25-17-34(33-32-25)16-21-12-7-13-22(29-21)26(35-2)19-9-4-5-10-19/h1,6-8,11-15,17,19,26H,4-5,9-10,16H2,2H3,(H2,28,30,31). The van der Waals surface area contributed by atoms with E-state index in [9.17, 15) is 0 Å². The molecule has 2 N–H and O–H groups in total. The highest BCUT2D eigenvalue weighted by Gasteiger charge is 2.27. The van der Waals surface area contributed by atoms with Crippen molar-refractivity contribution in [3.8, 4) is 35.0 Å². The summed E-state index contributed by atoms with van der Waals surface area (Å²) in [4.78, 5) is 13.6. The van der Waals surface area contributed by atoms with Crippen molar-refractivity contribution in [2.45, 2.75) is 38.3 Å². The number of terminal acetylenes is 1. The molecule has 4 aromatic rings. The Kier molecular flexibility index (Phi) is 6.51. The maximum absolute atomic E-state index is 6.01. The number of nitrogens with zero attached hydrogens (tertiary/aromatic N) is 6. The van der Waals surface area contributed by atoms with Crippen LogP contribution in [0.5, 0.6) is 0 Å². The molecule has 0 saturated heterocycles. The Hall–Kier alpha value is -4.09. The molecule has 1 aliphatic carbocycles. The van der Waals surface area contributed by atoms with Crippen molar-refractivity contribution in [2.75, 3.05) is 12.8 Å². The summed E-state index contributed by atoms with van der Waals surface area (Å²) in [5, 5.41) is 8.60. The van der Waals surface area contributed by atoms with Gasteiger partial charge in [0.1, 0.15) is 11.8 Å². The highest BCUT2D eigenvalue weighted by atomic mass is 16.5. The molecule has 1 aromatic carbocycles. The average Bonchev–Trinajstić information content (AvgIpc) is 3.57. The maximum Gasteiger partial charge on any atom is 0.221 e. The molecule has 0 amide bonds. The highest BCUT2D eigenvalue weighted by molar-refractivity contribution is 5.68. The molecule has 3 heterocycles. The molecule has 0 radical (unpaired) electrons. The van der Waals surface area contributed by atoms with E-state index in [1.807, 2.05) is 54.7 Å². The van der Waals surface area contributed by atoms with Gasteiger partial charge in [0.25, 0.3) is 0 Å². The fraction of sp³-hybridized carbons (Fsp3) is 0.296. The fourth-order valence-electron chi connectivity index (χ4n) is 4.73. The minimum absolute atomic E-state index is 0.0270. The van der Waals surface area contributed by atoms with Crippen molar-refractivity contribution in [3.63, 3.8) is 0 Å². The van der Waals surface area contributed by atoms with Crippen LogP contribution < -0.4 is 5.73 Å². The first kappa shape index (κ1) is 22.7. The third-order valence-corrected chi connectivity index (χ3v) is 6.40. The lowest BCUT2D eigenvalue weighted by atomic mass is 9.97. The van der Waals surface area contributed by atoms with E-state index in [1.54, 1.807) is 11.8 Å². The van der Waals surface area contributed by atoms with Gasteiger partial charge in [-0.3, -0.25) is 4.98 Å². The van der Waals surface area contributed by atoms with E-state index < -0.39 is 0 Å². The predicted octanol–water partition coefficient (Wildman–Crippen LogP) is 4.29. The van der Waals surface area contributed by atoms with Crippen LogP contribution in [0.15, 0.2) is 54.7 Å². The first-order valence-corrected chi connectivity index (χ1v) is 11.7. The highest BCUT2D eigenvalue weighted by Crippen LogP contribution is 2.37. The Morgan fingerprint density at radius 1 is 1.06 bits per heavy atom. The van der Waals surface area contributed by atoms with Crippen molar-refractivity contribution >= 4 is 5.95 Å². The number of benzene rings is 1. The molecule has 0 bridgehead atoms. The van der Waals surface area contributed by atoms with Crippen molar-refractivity contribution in [2.24, 2.45) is 5.92 Å². The first-order chi connectivity index (χ1) is 17.1. The minimum atomic E-state index is 0.0270. The van der Waals surface area contributed by atoms with Crippen molar-refractivity contribution < 1.29 is 4.74 Å². The predicted molar refractivity (Wildman–Crippen MR) is 134 cm³/mol. The summed E-state index contributed by atoms with van der Waals surface area (Å²) >= 11 is 0. The molecule has 35 heavy (non-hydrogen) atoms. The van der Waals surface area contributed by atoms with Gasteiger partial charge in [0, 0.05) is 18.2 Å². The molecule has 1 aliphatic rings. The number of anilines is 1. The lowest BCUT2D eigenvalue weighted by molar-refractivity contribution is 0.0500. The molecule has 176 valence electrons. The molecular weight excluding hydrogens is 438 g/mol. The number of hydrogen-bond acceptors (Lipinski definition) is 7. The Balaban J connectivity index is 1.37. The van der Waals surface area contributed by atoms with Gasteiger partial charge in [-0.05, 0) is 49.1 Å². The van der Waals surface area contributed by atoms with Crippen LogP contribution in [0.25, 0.3) is 22.6 Å². The molecule has 1 atom stereocenters. The maximum atomic E-state index is 6.01. The van der Waals surface area contributed by atoms with Gasteiger partial charge in [0.05, 0.1) is 35.5 Å². The van der Waals surface area contributed by atoms with Crippen molar-refractivity contribution in [3.05, 3.63) is 71.7 Å². The third-order valence-electron chi connectivity index (χ3n) is 6.40. The third kappa shape index (κ3) is 5.05. The number of ether oxygens (including phenoxy) is 1. The molecule has 3 aromatic heterocycles. The number of aromatic nitrogens is 6. The number of nitrogens with two attached hydrogens (primary N) is 1. The molecule has 8 nitrogen and oxygen atoms in total. The summed E-state index contributed by atoms with van der Waals surface area (Å²) in [5.74, 6) is 3.33. The topological polar surface area (TPSA) is 105 Å². The summed E-state index contributed by atoms with van der Waals surface area (Å²) in [6.07, 6.45) is 12.3. The zero-order valence-corrected chi connectivity index (χ0v) is 19.6. The van der Waals surface area contributed by atoms with Gasteiger partial charge >= 0.3 is 0 Å². The Morgan fingerprint density at radius 3 is 2.66 bits per heavy atom. The smallest absolute Gasteiger partial charge is 0.221 e. The van der Waals surface area contributed by atoms with Crippen LogP contribution in [-0.4, -0.2) is 37.1 Å². The Morgan fingerprint density at radius 2 is 1.86 bits per heavy atom. The van der Waals surface area contributed by atoms with Crippen molar-refractivity contribution in [1.29, 1.82) is 0 Å². The van der Waals surface area contributed by atoms with Gasteiger partial charge in [0.15, 0.2) is 0 Å². The molecule has 5 rings (SSSR count). The van der Waals surface area contributed by atoms with Gasteiger partial charge in [-0.1, -0.05) is 42.2 Å². The molecule has 1 fully saturated rings. The summed E-state index contributed by atoms with van der Waals surface area (Å²) in [7, 11) is 1.77. The zero-order chi connectivity index (χ0) is 24.2. The second-order valence-corrected chi connectivity index (χ2v) is 8.78. The zero-order valence-electron chi connectivity index (χ0n) is 19.6. The molecule has 0 spiro atoms. The van der Waals surface area contributed by atoms with Crippen LogP contribution in [0.2, 0.25) is 0 Å². The van der Waals surface area contributed by atoms with Crippen LogP contribution in [0.1, 0.15) is 48.7 Å².